The number of phosphoric ester groups is 2. The fraction of sp³-hybridized carbons (Fsp3) is 0.947. The van der Waals surface area contributed by atoms with Crippen LogP contribution in [-0.4, -0.2) is 96.7 Å². The predicted molar refractivity (Wildman–Crippen MR) is 386 cm³/mol. The molecular formula is C76H148O17P2. The molecule has 0 aromatic heterocycles. The molecule has 0 spiro atoms. The second-order valence-corrected chi connectivity index (χ2v) is 31.7. The van der Waals surface area contributed by atoms with Crippen molar-refractivity contribution >= 4 is 39.5 Å². The molecule has 0 saturated heterocycles. The summed E-state index contributed by atoms with van der Waals surface area (Å²) in [7, 11) is -9.91. The molecule has 0 heterocycles. The Balaban J connectivity index is 5.26. The monoisotopic (exact) mass is 1400 g/mol. The van der Waals surface area contributed by atoms with Gasteiger partial charge in [0.1, 0.15) is 19.3 Å². The third-order valence-electron chi connectivity index (χ3n) is 17.6. The van der Waals surface area contributed by atoms with E-state index in [2.05, 4.69) is 48.5 Å². The van der Waals surface area contributed by atoms with Gasteiger partial charge in [-0.3, -0.25) is 37.3 Å². The number of aliphatic hydroxyl groups is 1. The third kappa shape index (κ3) is 70.3. The Hall–Kier alpha value is -1.94. The second-order valence-electron chi connectivity index (χ2n) is 28.8. The molecule has 0 aromatic rings. The summed E-state index contributed by atoms with van der Waals surface area (Å²) in [5.74, 6) is 0.145. The first-order chi connectivity index (χ1) is 45.7. The highest BCUT2D eigenvalue weighted by Gasteiger charge is 2.30. The van der Waals surface area contributed by atoms with E-state index in [0.717, 1.165) is 108 Å². The summed E-state index contributed by atoms with van der Waals surface area (Å²) in [5.41, 5.74) is 0. The number of carbonyl (C=O) groups is 4. The van der Waals surface area contributed by atoms with E-state index < -0.39 is 97.5 Å². The first kappa shape index (κ1) is 93.1. The number of phosphoric acid groups is 2. The number of hydrogen-bond acceptors (Lipinski definition) is 15. The van der Waals surface area contributed by atoms with Crippen LogP contribution in [0.5, 0.6) is 0 Å². The molecule has 2 unspecified atom stereocenters. The zero-order valence-electron chi connectivity index (χ0n) is 62.1. The van der Waals surface area contributed by atoms with Gasteiger partial charge in [-0.25, -0.2) is 9.13 Å². The van der Waals surface area contributed by atoms with Crippen LogP contribution in [-0.2, 0) is 65.4 Å². The highest BCUT2D eigenvalue weighted by molar-refractivity contribution is 7.47. The van der Waals surface area contributed by atoms with Crippen molar-refractivity contribution < 1.29 is 80.2 Å². The first-order valence-corrected chi connectivity index (χ1v) is 42.3. The molecule has 95 heavy (non-hydrogen) atoms. The fourth-order valence-electron chi connectivity index (χ4n) is 11.6. The van der Waals surface area contributed by atoms with Crippen LogP contribution < -0.4 is 0 Å². The van der Waals surface area contributed by atoms with Gasteiger partial charge in [-0.2, -0.15) is 0 Å². The first-order valence-electron chi connectivity index (χ1n) is 39.3. The van der Waals surface area contributed by atoms with E-state index in [-0.39, 0.29) is 25.7 Å². The van der Waals surface area contributed by atoms with Gasteiger partial charge in [0.25, 0.3) is 0 Å². The molecule has 19 heteroatoms. The van der Waals surface area contributed by atoms with Crippen LogP contribution in [0.3, 0.4) is 0 Å². The summed E-state index contributed by atoms with van der Waals surface area (Å²) in [4.78, 5) is 72.8. The number of carbonyl (C=O) groups excluding carboxylic acids is 4. The van der Waals surface area contributed by atoms with Gasteiger partial charge in [0.15, 0.2) is 12.2 Å². The standard InChI is InChI=1S/C76H148O17P2/c1-8-9-10-11-12-13-14-15-16-17-18-23-30-38-45-52-59-75(80)92-71(63-86-73(78)57-50-43-36-29-22-20-19-21-26-33-40-47-54-67(2)3)65-90-94(82,83)88-61-70(77)62-89-95(84,85)91-66-72(93-76(81)60-53-46-39-32-25-28-35-42-49-56-69(6)7)64-87-74(79)58-51-44-37-31-24-27-34-41-48-55-68(4)5/h67-72,77H,8-66H2,1-7H3,(H,82,83)(H,84,85)/t70-,71-,72-/m1/s1. The van der Waals surface area contributed by atoms with E-state index in [1.165, 1.54) is 199 Å². The van der Waals surface area contributed by atoms with Gasteiger partial charge in [-0.15, -0.1) is 0 Å². The van der Waals surface area contributed by atoms with Crippen molar-refractivity contribution in [2.45, 2.75) is 407 Å². The van der Waals surface area contributed by atoms with Crippen molar-refractivity contribution in [3.63, 3.8) is 0 Å². The molecule has 0 amide bonds. The predicted octanol–water partition coefficient (Wildman–Crippen LogP) is 22.2. The minimum atomic E-state index is -4.96. The average Bonchev–Trinajstić information content (AvgIpc) is 1.35. The van der Waals surface area contributed by atoms with Gasteiger partial charge in [-0.1, -0.05) is 337 Å². The summed E-state index contributed by atoms with van der Waals surface area (Å²) >= 11 is 0. The molecule has 5 atom stereocenters. The maximum atomic E-state index is 13.1. The van der Waals surface area contributed by atoms with Crippen LogP contribution in [0, 0.1) is 17.8 Å². The van der Waals surface area contributed by atoms with E-state index in [4.69, 9.17) is 37.0 Å². The number of rotatable bonds is 74. The lowest BCUT2D eigenvalue weighted by Gasteiger charge is -2.21. The minimum absolute atomic E-state index is 0.105. The lowest BCUT2D eigenvalue weighted by atomic mass is 10.0. The van der Waals surface area contributed by atoms with Crippen molar-refractivity contribution in [1.82, 2.24) is 0 Å². The van der Waals surface area contributed by atoms with Gasteiger partial charge in [0.05, 0.1) is 26.4 Å². The van der Waals surface area contributed by atoms with E-state index in [9.17, 15) is 43.2 Å². The molecule has 0 aliphatic rings. The Kier molecular flexibility index (Phi) is 65.2. The van der Waals surface area contributed by atoms with Crippen LogP contribution in [0.4, 0.5) is 0 Å². The molecule has 0 radical (unpaired) electrons. The molecule has 0 aliphatic carbocycles. The maximum Gasteiger partial charge on any atom is 0.472 e. The molecule has 0 aromatic carbocycles. The van der Waals surface area contributed by atoms with Crippen LogP contribution in [0.25, 0.3) is 0 Å². The zero-order valence-corrected chi connectivity index (χ0v) is 63.9. The van der Waals surface area contributed by atoms with Crippen molar-refractivity contribution in [1.29, 1.82) is 0 Å². The number of esters is 4. The van der Waals surface area contributed by atoms with Crippen LogP contribution >= 0.6 is 15.6 Å². The highest BCUT2D eigenvalue weighted by Crippen LogP contribution is 2.45. The molecule has 0 bridgehead atoms. The fourth-order valence-corrected chi connectivity index (χ4v) is 13.2. The molecule has 564 valence electrons. The minimum Gasteiger partial charge on any atom is -0.462 e. The lowest BCUT2D eigenvalue weighted by molar-refractivity contribution is -0.161. The van der Waals surface area contributed by atoms with E-state index in [0.29, 0.717) is 25.7 Å². The van der Waals surface area contributed by atoms with Crippen molar-refractivity contribution in [2.75, 3.05) is 39.6 Å². The van der Waals surface area contributed by atoms with Gasteiger partial charge in [-0.05, 0) is 43.4 Å². The van der Waals surface area contributed by atoms with Crippen molar-refractivity contribution in [3.8, 4) is 0 Å². The Morgan fingerprint density at radius 3 is 0.716 bits per heavy atom. The molecule has 0 fully saturated rings. The lowest BCUT2D eigenvalue weighted by Crippen LogP contribution is -2.30. The Morgan fingerprint density at radius 1 is 0.284 bits per heavy atom. The van der Waals surface area contributed by atoms with E-state index >= 15 is 0 Å². The number of hydrogen-bond donors (Lipinski definition) is 3. The molecular weight excluding hydrogens is 1250 g/mol. The van der Waals surface area contributed by atoms with E-state index in [1.807, 2.05) is 0 Å². The number of aliphatic hydroxyl groups excluding tert-OH is 1. The van der Waals surface area contributed by atoms with Gasteiger partial charge < -0.3 is 33.8 Å². The summed E-state index contributed by atoms with van der Waals surface area (Å²) in [5, 5.41) is 10.6. The molecule has 17 nitrogen and oxygen atoms in total. The number of unbranched alkanes of at least 4 members (excludes halogenated alkanes) is 42. The van der Waals surface area contributed by atoms with Crippen LogP contribution in [0.1, 0.15) is 389 Å². The summed E-state index contributed by atoms with van der Waals surface area (Å²) in [6, 6.07) is 0. The topological polar surface area (TPSA) is 237 Å². The SMILES string of the molecule is CCCCCCCCCCCCCCCCCCC(=O)O[C@H](COC(=O)CCCCCCCCCCCCCCC(C)C)COP(=O)(O)OC[C@@H](O)COP(=O)(O)OC[C@@H](COC(=O)CCCCCCCCCCCC(C)C)OC(=O)CCCCCCCCCCCC(C)C. The maximum absolute atomic E-state index is 13.1. The molecule has 3 N–H and O–H groups in total. The highest BCUT2D eigenvalue weighted by atomic mass is 31.2. The van der Waals surface area contributed by atoms with E-state index in [1.54, 1.807) is 0 Å². The Bertz CT molecular complexity index is 1850. The van der Waals surface area contributed by atoms with Crippen LogP contribution in [0.2, 0.25) is 0 Å². The van der Waals surface area contributed by atoms with Crippen LogP contribution in [0.15, 0.2) is 0 Å². The quantitative estimate of drug-likeness (QED) is 0.0222. The van der Waals surface area contributed by atoms with Gasteiger partial charge in [0, 0.05) is 25.7 Å². The van der Waals surface area contributed by atoms with Crippen molar-refractivity contribution in [2.24, 2.45) is 17.8 Å². The molecule has 0 rings (SSSR count). The largest absolute Gasteiger partial charge is 0.472 e. The summed E-state index contributed by atoms with van der Waals surface area (Å²) < 4.78 is 68.6. The van der Waals surface area contributed by atoms with Gasteiger partial charge in [0.2, 0.25) is 0 Å². The molecule has 0 aliphatic heterocycles. The average molecular weight is 1400 g/mol. The smallest absolute Gasteiger partial charge is 0.462 e. The normalized spacial score (nSPS) is 14.1. The number of ether oxygens (including phenoxy) is 4. The third-order valence-corrected chi connectivity index (χ3v) is 19.5. The molecule has 0 saturated carbocycles. The Labute approximate surface area is 581 Å². The van der Waals surface area contributed by atoms with Gasteiger partial charge >= 0.3 is 39.5 Å². The summed E-state index contributed by atoms with van der Waals surface area (Å²) in [6.45, 7) is 11.9. The van der Waals surface area contributed by atoms with Crippen molar-refractivity contribution in [3.05, 3.63) is 0 Å². The zero-order chi connectivity index (χ0) is 70.1. The summed E-state index contributed by atoms with van der Waals surface area (Å²) in [6.07, 6.45) is 52.7. The Morgan fingerprint density at radius 2 is 0.484 bits per heavy atom. The second kappa shape index (κ2) is 66.6.